The van der Waals surface area contributed by atoms with E-state index in [1.165, 1.54) is 23.3 Å². The van der Waals surface area contributed by atoms with Crippen LogP contribution in [0.4, 0.5) is 0 Å². The van der Waals surface area contributed by atoms with Crippen LogP contribution >= 0.6 is 23.6 Å². The van der Waals surface area contributed by atoms with Gasteiger partial charge in [-0.15, -0.1) is 11.3 Å². The second-order valence-electron chi connectivity index (χ2n) is 3.04. The first-order valence-corrected chi connectivity index (χ1v) is 5.86. The fourth-order valence-electron chi connectivity index (χ4n) is 1.06. The lowest BCUT2D eigenvalue weighted by atomic mass is 10.3. The van der Waals surface area contributed by atoms with Crippen LogP contribution in [0.15, 0.2) is 11.4 Å². The maximum absolute atomic E-state index is 5.27. The van der Waals surface area contributed by atoms with Gasteiger partial charge in [0.2, 0.25) is 0 Å². The molecule has 72 valence electrons. The zero-order valence-corrected chi connectivity index (χ0v) is 9.73. The molecular formula is C10H15NS2. The molecule has 1 aromatic rings. The molecule has 0 aliphatic heterocycles. The molecule has 3 heteroatoms. The first kappa shape index (κ1) is 10.7. The monoisotopic (exact) mass is 213 g/mol. The van der Waals surface area contributed by atoms with Gasteiger partial charge in [-0.25, -0.2) is 0 Å². The van der Waals surface area contributed by atoms with Crippen molar-refractivity contribution in [3.8, 4) is 0 Å². The van der Waals surface area contributed by atoms with Crippen molar-refractivity contribution in [1.29, 1.82) is 0 Å². The van der Waals surface area contributed by atoms with Crippen molar-refractivity contribution < 1.29 is 0 Å². The van der Waals surface area contributed by atoms with Crippen molar-refractivity contribution in [2.24, 2.45) is 0 Å². The number of nitrogens with one attached hydrogen (secondary N) is 1. The summed E-state index contributed by atoms with van der Waals surface area (Å²) in [5.41, 5.74) is 1.28. The Morgan fingerprint density at radius 1 is 1.62 bits per heavy atom. The zero-order chi connectivity index (χ0) is 9.68. The largest absolute Gasteiger partial charge is 0.375 e. The summed E-state index contributed by atoms with van der Waals surface area (Å²) in [7, 11) is 0. The van der Waals surface area contributed by atoms with E-state index in [4.69, 9.17) is 12.2 Å². The van der Waals surface area contributed by atoms with Gasteiger partial charge >= 0.3 is 0 Å². The summed E-state index contributed by atoms with van der Waals surface area (Å²) in [5, 5.41) is 5.35. The average Bonchev–Trinajstić information content (AvgIpc) is 2.52. The molecule has 13 heavy (non-hydrogen) atoms. The number of thiocarbonyl (C=S) groups is 1. The molecule has 0 fully saturated rings. The van der Waals surface area contributed by atoms with Gasteiger partial charge in [-0.05, 0) is 30.4 Å². The second-order valence-corrected chi connectivity index (χ2v) is 4.37. The molecule has 0 saturated carbocycles. The van der Waals surface area contributed by atoms with Crippen molar-refractivity contribution in [1.82, 2.24) is 5.32 Å². The van der Waals surface area contributed by atoms with Gasteiger partial charge in [-0.1, -0.05) is 25.6 Å². The molecule has 1 N–H and O–H groups in total. The van der Waals surface area contributed by atoms with Crippen molar-refractivity contribution in [2.75, 3.05) is 6.54 Å². The maximum atomic E-state index is 5.27. The van der Waals surface area contributed by atoms with Gasteiger partial charge in [0.1, 0.15) is 4.99 Å². The molecule has 1 heterocycles. The highest BCUT2D eigenvalue weighted by atomic mass is 32.1. The highest BCUT2D eigenvalue weighted by Gasteiger charge is 2.04. The molecule has 1 aromatic heterocycles. The molecule has 0 aliphatic carbocycles. The summed E-state index contributed by atoms with van der Waals surface area (Å²) in [6.45, 7) is 5.27. The minimum atomic E-state index is 0.904. The summed E-state index contributed by atoms with van der Waals surface area (Å²) in [6, 6.07) is 2.10. The SMILES string of the molecule is CCCCNC(=S)c1sccc1C. The molecule has 0 atom stereocenters. The minimum Gasteiger partial charge on any atom is -0.375 e. The zero-order valence-electron chi connectivity index (χ0n) is 8.09. The number of aryl methyl sites for hydroxylation is 1. The number of unbranched alkanes of at least 4 members (excludes halogenated alkanes) is 1. The van der Waals surface area contributed by atoms with E-state index in [2.05, 4.69) is 30.6 Å². The molecule has 0 aromatic carbocycles. The molecule has 0 amide bonds. The average molecular weight is 213 g/mol. The molecule has 0 spiro atoms. The van der Waals surface area contributed by atoms with Crippen LogP contribution < -0.4 is 5.32 Å². The lowest BCUT2D eigenvalue weighted by molar-refractivity contribution is 0.759. The Hall–Kier alpha value is -0.410. The van der Waals surface area contributed by atoms with Crippen LogP contribution in [0.3, 0.4) is 0 Å². The Labute approximate surface area is 89.2 Å². The van der Waals surface area contributed by atoms with Gasteiger partial charge < -0.3 is 5.32 Å². The fraction of sp³-hybridized carbons (Fsp3) is 0.500. The van der Waals surface area contributed by atoms with Crippen LogP contribution in [0.5, 0.6) is 0 Å². The summed E-state index contributed by atoms with van der Waals surface area (Å²) in [6.07, 6.45) is 2.39. The van der Waals surface area contributed by atoms with Crippen LogP contribution in [-0.2, 0) is 0 Å². The summed E-state index contributed by atoms with van der Waals surface area (Å²) in [5.74, 6) is 0. The van der Waals surface area contributed by atoms with Gasteiger partial charge in [0, 0.05) is 6.54 Å². The van der Waals surface area contributed by atoms with Crippen LogP contribution in [0.25, 0.3) is 0 Å². The smallest absolute Gasteiger partial charge is 0.116 e. The summed E-state index contributed by atoms with van der Waals surface area (Å²) in [4.78, 5) is 2.12. The third-order valence-electron chi connectivity index (χ3n) is 1.88. The lowest BCUT2D eigenvalue weighted by Crippen LogP contribution is -2.22. The molecule has 0 saturated heterocycles. The van der Waals surface area contributed by atoms with Gasteiger partial charge in [0.25, 0.3) is 0 Å². The second kappa shape index (κ2) is 5.35. The highest BCUT2D eigenvalue weighted by Crippen LogP contribution is 2.15. The van der Waals surface area contributed by atoms with E-state index >= 15 is 0 Å². The Morgan fingerprint density at radius 2 is 2.38 bits per heavy atom. The number of hydrogen-bond donors (Lipinski definition) is 1. The van der Waals surface area contributed by atoms with E-state index in [0.717, 1.165) is 11.5 Å². The van der Waals surface area contributed by atoms with Gasteiger partial charge in [-0.3, -0.25) is 0 Å². The van der Waals surface area contributed by atoms with E-state index in [0.29, 0.717) is 0 Å². The summed E-state index contributed by atoms with van der Waals surface area (Å²) >= 11 is 6.99. The van der Waals surface area contributed by atoms with E-state index < -0.39 is 0 Å². The van der Waals surface area contributed by atoms with Gasteiger partial charge in [0.05, 0.1) is 4.88 Å². The van der Waals surface area contributed by atoms with Gasteiger partial charge in [0.15, 0.2) is 0 Å². The van der Waals surface area contributed by atoms with E-state index in [1.807, 2.05) is 0 Å². The molecular weight excluding hydrogens is 198 g/mol. The van der Waals surface area contributed by atoms with E-state index in [-0.39, 0.29) is 0 Å². The normalized spacial score (nSPS) is 10.0. The molecule has 0 bridgehead atoms. The number of rotatable bonds is 4. The van der Waals surface area contributed by atoms with Crippen LogP contribution in [0, 0.1) is 6.92 Å². The van der Waals surface area contributed by atoms with Crippen LogP contribution in [0.1, 0.15) is 30.2 Å². The Balaban J connectivity index is 2.45. The fourth-order valence-corrected chi connectivity index (χ4v) is 2.31. The molecule has 1 nitrogen and oxygen atoms in total. The predicted octanol–water partition coefficient (Wildman–Crippen LogP) is 3.12. The Kier molecular flexibility index (Phi) is 4.39. The van der Waals surface area contributed by atoms with Crippen LogP contribution in [0.2, 0.25) is 0 Å². The molecule has 0 aliphatic rings. The molecule has 0 unspecified atom stereocenters. The molecule has 1 rings (SSSR count). The third-order valence-corrected chi connectivity index (χ3v) is 3.40. The topological polar surface area (TPSA) is 12.0 Å². The van der Waals surface area contributed by atoms with E-state index in [1.54, 1.807) is 11.3 Å². The maximum Gasteiger partial charge on any atom is 0.116 e. The minimum absolute atomic E-state index is 0.904. The quantitative estimate of drug-likeness (QED) is 0.609. The molecule has 0 radical (unpaired) electrons. The van der Waals surface area contributed by atoms with Gasteiger partial charge in [-0.2, -0.15) is 0 Å². The Morgan fingerprint density at radius 3 is 2.92 bits per heavy atom. The van der Waals surface area contributed by atoms with Crippen molar-refractivity contribution >= 4 is 28.5 Å². The van der Waals surface area contributed by atoms with Crippen molar-refractivity contribution in [3.63, 3.8) is 0 Å². The third kappa shape index (κ3) is 3.08. The van der Waals surface area contributed by atoms with E-state index in [9.17, 15) is 0 Å². The Bertz CT molecular complexity index is 278. The first-order chi connectivity index (χ1) is 6.25. The highest BCUT2D eigenvalue weighted by molar-refractivity contribution is 7.81. The van der Waals surface area contributed by atoms with Crippen LogP contribution in [-0.4, -0.2) is 11.5 Å². The first-order valence-electron chi connectivity index (χ1n) is 4.58. The van der Waals surface area contributed by atoms with Crippen molar-refractivity contribution in [2.45, 2.75) is 26.7 Å². The summed E-state index contributed by atoms with van der Waals surface area (Å²) < 4.78 is 0. The standard InChI is InChI=1S/C10H15NS2/c1-3-4-6-11-10(12)9-8(2)5-7-13-9/h5,7H,3-4,6H2,1-2H3,(H,11,12). The lowest BCUT2D eigenvalue weighted by Gasteiger charge is -2.05. The number of thiophene rings is 1. The van der Waals surface area contributed by atoms with Crippen molar-refractivity contribution in [3.05, 3.63) is 21.9 Å². The number of hydrogen-bond acceptors (Lipinski definition) is 2. The predicted molar refractivity (Wildman–Crippen MR) is 63.7 cm³/mol.